The van der Waals surface area contributed by atoms with E-state index in [2.05, 4.69) is 19.2 Å². The zero-order valence-corrected chi connectivity index (χ0v) is 10.1. The van der Waals surface area contributed by atoms with Gasteiger partial charge in [0, 0.05) is 19.2 Å². The SMILES string of the molecule is CCCCC(CCC)NCCOCC. The Morgan fingerprint density at radius 2 is 1.86 bits per heavy atom. The Kier molecular flexibility index (Phi) is 10.9. The van der Waals surface area contributed by atoms with E-state index in [1.807, 2.05) is 6.92 Å². The van der Waals surface area contributed by atoms with E-state index in [1.54, 1.807) is 0 Å². The first kappa shape index (κ1) is 13.9. The van der Waals surface area contributed by atoms with Crippen molar-refractivity contribution in [1.29, 1.82) is 0 Å². The molecule has 0 aromatic carbocycles. The van der Waals surface area contributed by atoms with Crippen LogP contribution in [0.15, 0.2) is 0 Å². The molecule has 1 N–H and O–H groups in total. The smallest absolute Gasteiger partial charge is 0.0590 e. The Hall–Kier alpha value is -0.0800. The zero-order valence-electron chi connectivity index (χ0n) is 10.1. The highest BCUT2D eigenvalue weighted by atomic mass is 16.5. The average Bonchev–Trinajstić information content (AvgIpc) is 2.20. The Bertz CT molecular complexity index is 106. The molecular formula is C12H27NO. The van der Waals surface area contributed by atoms with Crippen LogP contribution in [0.5, 0.6) is 0 Å². The van der Waals surface area contributed by atoms with E-state index in [-0.39, 0.29) is 0 Å². The molecule has 0 fully saturated rings. The van der Waals surface area contributed by atoms with Gasteiger partial charge in [0.25, 0.3) is 0 Å². The maximum absolute atomic E-state index is 5.30. The van der Waals surface area contributed by atoms with Crippen LogP contribution in [0, 0.1) is 0 Å². The molecule has 0 saturated carbocycles. The van der Waals surface area contributed by atoms with Crippen LogP contribution in [0.2, 0.25) is 0 Å². The molecule has 2 nitrogen and oxygen atoms in total. The lowest BCUT2D eigenvalue weighted by molar-refractivity contribution is 0.146. The van der Waals surface area contributed by atoms with Crippen molar-refractivity contribution in [2.45, 2.75) is 58.9 Å². The van der Waals surface area contributed by atoms with Gasteiger partial charge in [-0.15, -0.1) is 0 Å². The largest absolute Gasteiger partial charge is 0.380 e. The Balaban J connectivity index is 3.40. The van der Waals surface area contributed by atoms with E-state index in [9.17, 15) is 0 Å². The van der Waals surface area contributed by atoms with E-state index >= 15 is 0 Å². The monoisotopic (exact) mass is 201 g/mol. The molecule has 0 amide bonds. The molecule has 0 aliphatic rings. The minimum Gasteiger partial charge on any atom is -0.380 e. The fourth-order valence-corrected chi connectivity index (χ4v) is 1.63. The summed E-state index contributed by atoms with van der Waals surface area (Å²) in [7, 11) is 0. The number of ether oxygens (including phenoxy) is 1. The van der Waals surface area contributed by atoms with Crippen molar-refractivity contribution >= 4 is 0 Å². The number of rotatable bonds is 10. The lowest BCUT2D eigenvalue weighted by Gasteiger charge is -2.17. The minimum atomic E-state index is 0.709. The van der Waals surface area contributed by atoms with Gasteiger partial charge in [-0.1, -0.05) is 33.1 Å². The summed E-state index contributed by atoms with van der Waals surface area (Å²) in [6.45, 7) is 9.23. The van der Waals surface area contributed by atoms with Crippen molar-refractivity contribution < 1.29 is 4.74 Å². The highest BCUT2D eigenvalue weighted by molar-refractivity contribution is 4.65. The molecule has 0 aliphatic heterocycles. The summed E-state index contributed by atoms with van der Waals surface area (Å²) in [5.41, 5.74) is 0. The lowest BCUT2D eigenvalue weighted by Crippen LogP contribution is -2.31. The van der Waals surface area contributed by atoms with Gasteiger partial charge < -0.3 is 10.1 Å². The summed E-state index contributed by atoms with van der Waals surface area (Å²) in [5.74, 6) is 0. The van der Waals surface area contributed by atoms with Gasteiger partial charge in [-0.25, -0.2) is 0 Å². The average molecular weight is 201 g/mol. The molecule has 14 heavy (non-hydrogen) atoms. The van der Waals surface area contributed by atoms with Gasteiger partial charge >= 0.3 is 0 Å². The van der Waals surface area contributed by atoms with Gasteiger partial charge in [0.05, 0.1) is 6.61 Å². The first-order valence-corrected chi connectivity index (χ1v) is 6.16. The molecule has 2 heteroatoms. The Morgan fingerprint density at radius 3 is 2.43 bits per heavy atom. The maximum atomic E-state index is 5.30. The first-order chi connectivity index (χ1) is 6.85. The van der Waals surface area contributed by atoms with E-state index in [1.165, 1.54) is 32.1 Å². The quantitative estimate of drug-likeness (QED) is 0.549. The van der Waals surface area contributed by atoms with E-state index < -0.39 is 0 Å². The third-order valence-corrected chi connectivity index (χ3v) is 2.43. The topological polar surface area (TPSA) is 21.3 Å². The third kappa shape index (κ3) is 8.52. The van der Waals surface area contributed by atoms with Gasteiger partial charge in [-0.2, -0.15) is 0 Å². The van der Waals surface area contributed by atoms with Gasteiger partial charge in [0.2, 0.25) is 0 Å². The zero-order chi connectivity index (χ0) is 10.6. The Morgan fingerprint density at radius 1 is 1.07 bits per heavy atom. The standard InChI is InChI=1S/C12H27NO/c1-4-7-9-12(8-5-2)13-10-11-14-6-3/h12-13H,4-11H2,1-3H3. The molecule has 1 unspecified atom stereocenters. The molecule has 0 radical (unpaired) electrons. The van der Waals surface area contributed by atoms with Crippen LogP contribution in [0.3, 0.4) is 0 Å². The van der Waals surface area contributed by atoms with Crippen molar-refractivity contribution in [3.63, 3.8) is 0 Å². The highest BCUT2D eigenvalue weighted by Crippen LogP contribution is 2.06. The summed E-state index contributed by atoms with van der Waals surface area (Å²) in [5, 5.41) is 3.57. The van der Waals surface area contributed by atoms with Gasteiger partial charge in [0.1, 0.15) is 0 Å². The van der Waals surface area contributed by atoms with Crippen molar-refractivity contribution in [2.75, 3.05) is 19.8 Å². The maximum Gasteiger partial charge on any atom is 0.0590 e. The van der Waals surface area contributed by atoms with Crippen molar-refractivity contribution in [1.82, 2.24) is 5.32 Å². The molecule has 0 spiro atoms. The van der Waals surface area contributed by atoms with Crippen LogP contribution in [-0.2, 0) is 4.74 Å². The van der Waals surface area contributed by atoms with Crippen LogP contribution < -0.4 is 5.32 Å². The minimum absolute atomic E-state index is 0.709. The predicted octanol–water partition coefficient (Wildman–Crippen LogP) is 2.97. The summed E-state index contributed by atoms with van der Waals surface area (Å²) >= 11 is 0. The summed E-state index contributed by atoms with van der Waals surface area (Å²) in [6.07, 6.45) is 6.53. The fraction of sp³-hybridized carbons (Fsp3) is 1.00. The van der Waals surface area contributed by atoms with Crippen molar-refractivity contribution in [2.24, 2.45) is 0 Å². The number of hydrogen-bond acceptors (Lipinski definition) is 2. The van der Waals surface area contributed by atoms with E-state index in [0.29, 0.717) is 6.04 Å². The second kappa shape index (κ2) is 11.0. The molecule has 0 heterocycles. The van der Waals surface area contributed by atoms with Crippen molar-refractivity contribution in [3.05, 3.63) is 0 Å². The second-order valence-corrected chi connectivity index (χ2v) is 3.78. The number of nitrogens with one attached hydrogen (secondary N) is 1. The molecule has 1 atom stereocenters. The molecule has 0 rings (SSSR count). The second-order valence-electron chi connectivity index (χ2n) is 3.78. The van der Waals surface area contributed by atoms with Crippen molar-refractivity contribution in [3.8, 4) is 0 Å². The number of unbranched alkanes of at least 4 members (excludes halogenated alkanes) is 1. The van der Waals surface area contributed by atoms with E-state index in [4.69, 9.17) is 4.74 Å². The van der Waals surface area contributed by atoms with E-state index in [0.717, 1.165) is 19.8 Å². The van der Waals surface area contributed by atoms with Crippen LogP contribution in [0.25, 0.3) is 0 Å². The van der Waals surface area contributed by atoms with Gasteiger partial charge in [0.15, 0.2) is 0 Å². The normalized spacial score (nSPS) is 13.1. The van der Waals surface area contributed by atoms with Gasteiger partial charge in [-0.05, 0) is 19.8 Å². The van der Waals surface area contributed by atoms with Crippen LogP contribution in [0.1, 0.15) is 52.9 Å². The molecular weight excluding hydrogens is 174 g/mol. The molecule has 0 aromatic heterocycles. The molecule has 0 bridgehead atoms. The first-order valence-electron chi connectivity index (χ1n) is 6.16. The predicted molar refractivity (Wildman–Crippen MR) is 62.7 cm³/mol. The molecule has 0 aliphatic carbocycles. The fourth-order valence-electron chi connectivity index (χ4n) is 1.63. The summed E-state index contributed by atoms with van der Waals surface area (Å²) in [6, 6.07) is 0.709. The van der Waals surface area contributed by atoms with Crippen LogP contribution >= 0.6 is 0 Å². The van der Waals surface area contributed by atoms with Crippen LogP contribution in [-0.4, -0.2) is 25.8 Å². The number of hydrogen-bond donors (Lipinski definition) is 1. The molecule has 0 aromatic rings. The summed E-state index contributed by atoms with van der Waals surface area (Å²) in [4.78, 5) is 0. The lowest BCUT2D eigenvalue weighted by atomic mass is 10.1. The summed E-state index contributed by atoms with van der Waals surface area (Å²) < 4.78 is 5.30. The van der Waals surface area contributed by atoms with Crippen LogP contribution in [0.4, 0.5) is 0 Å². The molecule has 0 saturated heterocycles. The Labute approximate surface area is 89.4 Å². The third-order valence-electron chi connectivity index (χ3n) is 2.43. The molecule has 86 valence electrons. The highest BCUT2D eigenvalue weighted by Gasteiger charge is 2.05. The van der Waals surface area contributed by atoms with Gasteiger partial charge in [-0.3, -0.25) is 0 Å².